The van der Waals surface area contributed by atoms with Crippen LogP contribution in [0.3, 0.4) is 0 Å². The number of hydrogen-bond donors (Lipinski definition) is 1. The number of amides is 1. The maximum atomic E-state index is 14.0. The van der Waals surface area contributed by atoms with Gasteiger partial charge in [0.15, 0.2) is 0 Å². The highest BCUT2D eigenvalue weighted by Gasteiger charge is 2.25. The summed E-state index contributed by atoms with van der Waals surface area (Å²) in [5.41, 5.74) is 6.66. The first-order valence-corrected chi connectivity index (χ1v) is 6.87. The fraction of sp³-hybridized carbons (Fsp3) is 0.533. The van der Waals surface area contributed by atoms with Gasteiger partial charge in [0.1, 0.15) is 5.82 Å². The lowest BCUT2D eigenvalue weighted by Gasteiger charge is -2.31. The van der Waals surface area contributed by atoms with E-state index in [1.807, 2.05) is 0 Å². The van der Waals surface area contributed by atoms with Gasteiger partial charge in [-0.1, -0.05) is 13.3 Å². The van der Waals surface area contributed by atoms with Crippen LogP contribution >= 0.6 is 0 Å². The van der Waals surface area contributed by atoms with Crippen LogP contribution in [-0.2, 0) is 0 Å². The van der Waals surface area contributed by atoms with Gasteiger partial charge in [-0.2, -0.15) is 0 Å². The van der Waals surface area contributed by atoms with Crippen molar-refractivity contribution in [1.29, 1.82) is 0 Å². The Labute approximate surface area is 113 Å². The van der Waals surface area contributed by atoms with Gasteiger partial charge in [-0.15, -0.1) is 0 Å². The van der Waals surface area contributed by atoms with E-state index in [0.717, 1.165) is 19.3 Å². The number of nitrogen functional groups attached to an aromatic ring is 1. The zero-order valence-corrected chi connectivity index (χ0v) is 11.6. The van der Waals surface area contributed by atoms with Crippen LogP contribution in [0.1, 0.15) is 42.1 Å². The molecule has 0 radical (unpaired) electrons. The molecule has 1 saturated heterocycles. The minimum absolute atomic E-state index is 0.104. The Kier molecular flexibility index (Phi) is 4.08. The van der Waals surface area contributed by atoms with E-state index in [1.54, 1.807) is 17.9 Å². The average Bonchev–Trinajstić information content (AvgIpc) is 2.42. The fourth-order valence-corrected chi connectivity index (χ4v) is 2.67. The molecule has 0 bridgehead atoms. The van der Waals surface area contributed by atoms with E-state index < -0.39 is 5.82 Å². The normalized spacial score (nSPS) is 16.7. The number of anilines is 1. The summed E-state index contributed by atoms with van der Waals surface area (Å²) in [4.78, 5) is 14.1. The summed E-state index contributed by atoms with van der Waals surface area (Å²) in [5.74, 6) is 0.00995. The molecule has 1 aliphatic heterocycles. The molecule has 0 spiro atoms. The zero-order valence-electron chi connectivity index (χ0n) is 11.6. The van der Waals surface area contributed by atoms with E-state index in [1.165, 1.54) is 6.07 Å². The van der Waals surface area contributed by atoms with Gasteiger partial charge in [0, 0.05) is 18.8 Å². The SMILES string of the molecule is CCC1CCN(C(=O)c2cc(N)cc(C)c2F)CC1. The van der Waals surface area contributed by atoms with E-state index in [0.29, 0.717) is 30.3 Å². The molecule has 0 saturated carbocycles. The quantitative estimate of drug-likeness (QED) is 0.835. The summed E-state index contributed by atoms with van der Waals surface area (Å²) in [6, 6.07) is 2.99. The number of carbonyl (C=O) groups excluding carboxylic acids is 1. The molecule has 1 aliphatic rings. The minimum Gasteiger partial charge on any atom is -0.399 e. The number of likely N-dealkylation sites (tertiary alicyclic amines) is 1. The highest BCUT2D eigenvalue weighted by atomic mass is 19.1. The molecule has 2 rings (SSSR count). The van der Waals surface area contributed by atoms with E-state index in [2.05, 4.69) is 6.92 Å². The zero-order chi connectivity index (χ0) is 14.0. The second-order valence-corrected chi connectivity index (χ2v) is 5.34. The predicted molar refractivity (Wildman–Crippen MR) is 74.5 cm³/mol. The number of piperidine rings is 1. The lowest BCUT2D eigenvalue weighted by molar-refractivity contribution is 0.0684. The van der Waals surface area contributed by atoms with Crippen LogP contribution in [-0.4, -0.2) is 23.9 Å². The van der Waals surface area contributed by atoms with Crippen molar-refractivity contribution in [2.45, 2.75) is 33.1 Å². The number of hydrogen-bond acceptors (Lipinski definition) is 2. The molecule has 19 heavy (non-hydrogen) atoms. The lowest BCUT2D eigenvalue weighted by Crippen LogP contribution is -2.38. The van der Waals surface area contributed by atoms with Crippen LogP contribution in [0.25, 0.3) is 0 Å². The first-order valence-electron chi connectivity index (χ1n) is 6.87. The number of halogens is 1. The molecule has 0 aromatic heterocycles. The molecule has 1 aromatic rings. The topological polar surface area (TPSA) is 46.3 Å². The van der Waals surface area contributed by atoms with Gasteiger partial charge in [-0.25, -0.2) is 4.39 Å². The molecule has 1 fully saturated rings. The van der Waals surface area contributed by atoms with Gasteiger partial charge < -0.3 is 10.6 Å². The third-order valence-corrected chi connectivity index (χ3v) is 3.99. The predicted octanol–water partition coefficient (Wildman–Crippen LogP) is 2.98. The number of nitrogens with zero attached hydrogens (tertiary/aromatic N) is 1. The Bertz CT molecular complexity index is 479. The molecule has 1 aromatic carbocycles. The van der Waals surface area contributed by atoms with E-state index in [9.17, 15) is 9.18 Å². The summed E-state index contributed by atoms with van der Waals surface area (Å²) < 4.78 is 14.0. The highest BCUT2D eigenvalue weighted by Crippen LogP contribution is 2.24. The van der Waals surface area contributed by atoms with Gasteiger partial charge in [0.2, 0.25) is 0 Å². The Hall–Kier alpha value is -1.58. The fourth-order valence-electron chi connectivity index (χ4n) is 2.67. The number of aryl methyl sites for hydroxylation is 1. The molecular formula is C15H21FN2O. The largest absolute Gasteiger partial charge is 0.399 e. The van der Waals surface area contributed by atoms with E-state index >= 15 is 0 Å². The first-order chi connectivity index (χ1) is 9.02. The maximum absolute atomic E-state index is 14.0. The Morgan fingerprint density at radius 2 is 2.05 bits per heavy atom. The number of carbonyl (C=O) groups is 1. The van der Waals surface area contributed by atoms with Crippen LogP contribution in [0.5, 0.6) is 0 Å². The smallest absolute Gasteiger partial charge is 0.256 e. The van der Waals surface area contributed by atoms with Gasteiger partial charge in [-0.05, 0) is 43.4 Å². The molecule has 0 atom stereocenters. The van der Waals surface area contributed by atoms with Crippen molar-refractivity contribution in [3.8, 4) is 0 Å². The molecule has 0 unspecified atom stereocenters. The third-order valence-electron chi connectivity index (χ3n) is 3.99. The van der Waals surface area contributed by atoms with Crippen LogP contribution < -0.4 is 5.73 Å². The summed E-state index contributed by atoms with van der Waals surface area (Å²) in [6.45, 7) is 5.23. The van der Waals surface area contributed by atoms with Crippen molar-refractivity contribution in [3.05, 3.63) is 29.1 Å². The summed E-state index contributed by atoms with van der Waals surface area (Å²) in [5, 5.41) is 0. The molecule has 4 heteroatoms. The van der Waals surface area contributed by atoms with Gasteiger partial charge in [0.25, 0.3) is 5.91 Å². The second-order valence-electron chi connectivity index (χ2n) is 5.34. The molecule has 104 valence electrons. The molecular weight excluding hydrogens is 243 g/mol. The van der Waals surface area contributed by atoms with Gasteiger partial charge in [0.05, 0.1) is 5.56 Å². The standard InChI is InChI=1S/C15H21FN2O/c1-3-11-4-6-18(7-5-11)15(19)13-9-12(17)8-10(2)14(13)16/h8-9,11H,3-7,17H2,1-2H3. The first kappa shape index (κ1) is 13.8. The van der Waals surface area contributed by atoms with Crippen LogP contribution in [0, 0.1) is 18.7 Å². The van der Waals surface area contributed by atoms with Crippen LogP contribution in [0.2, 0.25) is 0 Å². The summed E-state index contributed by atoms with van der Waals surface area (Å²) in [6.07, 6.45) is 3.16. The lowest BCUT2D eigenvalue weighted by atomic mass is 9.94. The molecule has 0 aliphatic carbocycles. The van der Waals surface area contributed by atoms with Crippen molar-refractivity contribution < 1.29 is 9.18 Å². The van der Waals surface area contributed by atoms with Crippen molar-refractivity contribution in [1.82, 2.24) is 4.90 Å². The molecule has 3 nitrogen and oxygen atoms in total. The van der Waals surface area contributed by atoms with Crippen LogP contribution in [0.4, 0.5) is 10.1 Å². The van der Waals surface area contributed by atoms with Crippen LogP contribution in [0.15, 0.2) is 12.1 Å². The van der Waals surface area contributed by atoms with E-state index in [4.69, 9.17) is 5.73 Å². The van der Waals surface area contributed by atoms with Crippen molar-refractivity contribution in [3.63, 3.8) is 0 Å². The summed E-state index contributed by atoms with van der Waals surface area (Å²) >= 11 is 0. The van der Waals surface area contributed by atoms with Crippen molar-refractivity contribution in [2.24, 2.45) is 5.92 Å². The number of rotatable bonds is 2. The van der Waals surface area contributed by atoms with Crippen molar-refractivity contribution >= 4 is 11.6 Å². The Morgan fingerprint density at radius 3 is 2.63 bits per heavy atom. The summed E-state index contributed by atoms with van der Waals surface area (Å²) in [7, 11) is 0. The maximum Gasteiger partial charge on any atom is 0.256 e. The Balaban J connectivity index is 2.17. The van der Waals surface area contributed by atoms with Gasteiger partial charge in [-0.3, -0.25) is 4.79 Å². The molecule has 1 heterocycles. The molecule has 1 amide bonds. The van der Waals surface area contributed by atoms with Crippen molar-refractivity contribution in [2.75, 3.05) is 18.8 Å². The van der Waals surface area contributed by atoms with E-state index in [-0.39, 0.29) is 11.5 Å². The Morgan fingerprint density at radius 1 is 1.42 bits per heavy atom. The third kappa shape index (κ3) is 2.88. The number of benzene rings is 1. The second kappa shape index (κ2) is 5.59. The number of nitrogens with two attached hydrogens (primary N) is 1. The average molecular weight is 264 g/mol. The monoisotopic (exact) mass is 264 g/mol. The minimum atomic E-state index is -0.447. The highest BCUT2D eigenvalue weighted by molar-refractivity contribution is 5.95. The van der Waals surface area contributed by atoms with Gasteiger partial charge >= 0.3 is 0 Å². The molecule has 2 N–H and O–H groups in total.